The van der Waals surface area contributed by atoms with E-state index in [1.54, 1.807) is 30.3 Å². The van der Waals surface area contributed by atoms with Crippen LogP contribution >= 0.6 is 23.2 Å². The second-order valence-electron chi connectivity index (χ2n) is 6.44. The summed E-state index contributed by atoms with van der Waals surface area (Å²) in [6.07, 6.45) is 0. The number of hydrogen-bond donors (Lipinski definition) is 2. The Kier molecular flexibility index (Phi) is 6.99. The van der Waals surface area contributed by atoms with Gasteiger partial charge in [-0.3, -0.25) is 9.59 Å². The molecule has 1 atom stereocenters. The summed E-state index contributed by atoms with van der Waals surface area (Å²) in [4.78, 5) is 29.4. The summed E-state index contributed by atoms with van der Waals surface area (Å²) in [7, 11) is 0. The Hall–Kier alpha value is -3.29. The number of amides is 2. The van der Waals surface area contributed by atoms with Crippen molar-refractivity contribution in [3.8, 4) is 0 Å². The number of benzene rings is 3. The maximum Gasteiger partial charge on any atom is 0.274 e. The molecule has 0 saturated carbocycles. The lowest BCUT2D eigenvalue weighted by molar-refractivity contribution is -0.119. The van der Waals surface area contributed by atoms with Crippen molar-refractivity contribution in [2.45, 2.75) is 6.04 Å². The lowest BCUT2D eigenvalue weighted by Crippen LogP contribution is -2.34. The Morgan fingerprint density at radius 2 is 1.52 bits per heavy atom. The van der Waals surface area contributed by atoms with Crippen LogP contribution in [-0.4, -0.2) is 17.6 Å². The van der Waals surface area contributed by atoms with Gasteiger partial charge in [0.15, 0.2) is 11.6 Å². The van der Waals surface area contributed by atoms with Gasteiger partial charge in [0.2, 0.25) is 0 Å². The number of carbonyl (C=O) groups is 2. The van der Waals surface area contributed by atoms with E-state index in [4.69, 9.17) is 28.9 Å². The van der Waals surface area contributed by atoms with E-state index >= 15 is 0 Å². The minimum atomic E-state index is -1.44. The summed E-state index contributed by atoms with van der Waals surface area (Å²) in [6.45, 7) is 0. The van der Waals surface area contributed by atoms with Gasteiger partial charge in [-0.15, -0.1) is 0 Å². The predicted molar refractivity (Wildman–Crippen MR) is 115 cm³/mol. The maximum absolute atomic E-state index is 13.8. The summed E-state index contributed by atoms with van der Waals surface area (Å²) >= 11 is 11.8. The molecule has 0 aromatic heterocycles. The molecule has 1 unspecified atom stereocenters. The third-order valence-corrected chi connectivity index (χ3v) is 4.66. The molecule has 0 fully saturated rings. The second kappa shape index (κ2) is 9.68. The molecule has 0 radical (unpaired) electrons. The van der Waals surface area contributed by atoms with E-state index < -0.39 is 29.5 Å². The zero-order chi connectivity index (χ0) is 22.5. The van der Waals surface area contributed by atoms with Gasteiger partial charge in [-0.05, 0) is 35.9 Å². The van der Waals surface area contributed by atoms with Crippen LogP contribution in [0, 0.1) is 11.6 Å². The molecular formula is C22H15Cl2F2N3O2. The molecule has 158 valence electrons. The van der Waals surface area contributed by atoms with Crippen molar-refractivity contribution in [2.75, 3.05) is 0 Å². The fourth-order valence-corrected chi connectivity index (χ4v) is 3.26. The molecular weight excluding hydrogens is 447 g/mol. The predicted octanol–water partition coefficient (Wildman–Crippen LogP) is 4.67. The van der Waals surface area contributed by atoms with Crippen molar-refractivity contribution < 1.29 is 18.4 Å². The summed E-state index contributed by atoms with van der Waals surface area (Å²) in [5, 5.41) is 2.87. The standard InChI is InChI=1S/C22H15Cl2F2N3O2/c23-15-8-14(9-16(24)11-15)21(30)28-19(13-6-7-17(25)18(26)10-13)22(31)29-20(27)12-4-2-1-3-5-12/h1-11,19H,(H,28,30)(H2,27,29,31). The highest BCUT2D eigenvalue weighted by Gasteiger charge is 2.25. The molecule has 2 amide bonds. The summed E-state index contributed by atoms with van der Waals surface area (Å²) in [6, 6.07) is 14.0. The molecule has 0 saturated heterocycles. The van der Waals surface area contributed by atoms with Gasteiger partial charge in [0, 0.05) is 21.2 Å². The second-order valence-corrected chi connectivity index (χ2v) is 7.31. The number of aliphatic imine (C=N–C) groups is 1. The minimum absolute atomic E-state index is 0.0185. The van der Waals surface area contributed by atoms with E-state index in [0.717, 1.165) is 12.1 Å². The van der Waals surface area contributed by atoms with Crippen molar-refractivity contribution in [3.05, 3.63) is 105 Å². The van der Waals surface area contributed by atoms with Crippen LogP contribution in [0.4, 0.5) is 8.78 Å². The van der Waals surface area contributed by atoms with E-state index in [-0.39, 0.29) is 27.0 Å². The highest BCUT2D eigenvalue weighted by Crippen LogP contribution is 2.22. The van der Waals surface area contributed by atoms with Gasteiger partial charge in [-0.25, -0.2) is 8.78 Å². The topological polar surface area (TPSA) is 84.5 Å². The summed E-state index contributed by atoms with van der Waals surface area (Å²) in [5.41, 5.74) is 6.42. The normalized spacial score (nSPS) is 12.3. The zero-order valence-corrected chi connectivity index (χ0v) is 17.3. The number of halogens is 4. The molecule has 0 aliphatic heterocycles. The average molecular weight is 462 g/mol. The summed E-state index contributed by atoms with van der Waals surface area (Å²) in [5.74, 6) is -3.99. The third kappa shape index (κ3) is 5.65. The van der Waals surface area contributed by atoms with Crippen LogP contribution in [0.1, 0.15) is 27.5 Å². The van der Waals surface area contributed by atoms with Crippen molar-refractivity contribution in [1.29, 1.82) is 0 Å². The van der Waals surface area contributed by atoms with Crippen LogP contribution < -0.4 is 11.1 Å². The lowest BCUT2D eigenvalue weighted by Gasteiger charge is -2.17. The van der Waals surface area contributed by atoms with E-state index in [9.17, 15) is 18.4 Å². The fourth-order valence-electron chi connectivity index (χ4n) is 2.74. The fraction of sp³-hybridized carbons (Fsp3) is 0.0455. The van der Waals surface area contributed by atoms with Crippen LogP contribution in [0.3, 0.4) is 0 Å². The molecule has 9 heteroatoms. The number of rotatable bonds is 5. The monoisotopic (exact) mass is 461 g/mol. The summed E-state index contributed by atoms with van der Waals surface area (Å²) < 4.78 is 27.2. The van der Waals surface area contributed by atoms with Gasteiger partial charge in [0.25, 0.3) is 11.8 Å². The number of nitrogens with zero attached hydrogens (tertiary/aromatic N) is 1. The van der Waals surface area contributed by atoms with E-state index in [0.29, 0.717) is 5.56 Å². The highest BCUT2D eigenvalue weighted by molar-refractivity contribution is 6.35. The lowest BCUT2D eigenvalue weighted by atomic mass is 10.0. The van der Waals surface area contributed by atoms with E-state index in [2.05, 4.69) is 10.3 Å². The van der Waals surface area contributed by atoms with Gasteiger partial charge >= 0.3 is 0 Å². The number of carbonyl (C=O) groups excluding carboxylic acids is 2. The zero-order valence-electron chi connectivity index (χ0n) is 15.8. The SMILES string of the molecule is NC(=NC(=O)C(NC(=O)c1cc(Cl)cc(Cl)c1)c1ccc(F)c(F)c1)c1ccccc1. The van der Waals surface area contributed by atoms with Crippen LogP contribution in [0.2, 0.25) is 10.0 Å². The first-order valence-corrected chi connectivity index (χ1v) is 9.65. The number of amidine groups is 1. The Bertz CT molecular complexity index is 1150. The first-order valence-electron chi connectivity index (χ1n) is 8.90. The molecule has 0 heterocycles. The quantitative estimate of drug-likeness (QED) is 0.427. The molecule has 3 N–H and O–H groups in total. The molecule has 0 spiro atoms. The molecule has 0 aliphatic carbocycles. The maximum atomic E-state index is 13.8. The van der Waals surface area contributed by atoms with Crippen molar-refractivity contribution in [1.82, 2.24) is 5.32 Å². The Labute approximate surface area is 186 Å². The largest absolute Gasteiger partial charge is 0.383 e. The molecule has 0 bridgehead atoms. The molecule has 31 heavy (non-hydrogen) atoms. The smallest absolute Gasteiger partial charge is 0.274 e. The molecule has 5 nitrogen and oxygen atoms in total. The number of hydrogen-bond acceptors (Lipinski definition) is 2. The van der Waals surface area contributed by atoms with Gasteiger partial charge < -0.3 is 11.1 Å². The van der Waals surface area contributed by atoms with Crippen molar-refractivity contribution in [2.24, 2.45) is 10.7 Å². The Balaban J connectivity index is 1.97. The minimum Gasteiger partial charge on any atom is -0.383 e. The van der Waals surface area contributed by atoms with Gasteiger partial charge in [-0.2, -0.15) is 4.99 Å². The van der Waals surface area contributed by atoms with Crippen LogP contribution in [0.25, 0.3) is 0 Å². The van der Waals surface area contributed by atoms with Crippen LogP contribution in [0.5, 0.6) is 0 Å². The van der Waals surface area contributed by atoms with E-state index in [1.165, 1.54) is 24.3 Å². The Morgan fingerprint density at radius 1 is 0.871 bits per heavy atom. The molecule has 3 rings (SSSR count). The molecule has 3 aromatic rings. The highest BCUT2D eigenvalue weighted by atomic mass is 35.5. The number of nitrogens with two attached hydrogens (primary N) is 1. The van der Waals surface area contributed by atoms with E-state index in [1.807, 2.05) is 0 Å². The van der Waals surface area contributed by atoms with Crippen molar-refractivity contribution >= 4 is 40.9 Å². The molecule has 0 aliphatic rings. The van der Waals surface area contributed by atoms with Crippen LogP contribution in [-0.2, 0) is 4.79 Å². The van der Waals surface area contributed by atoms with Crippen LogP contribution in [0.15, 0.2) is 71.7 Å². The first kappa shape index (κ1) is 22.4. The van der Waals surface area contributed by atoms with Gasteiger partial charge in [0.1, 0.15) is 11.9 Å². The average Bonchev–Trinajstić information content (AvgIpc) is 2.73. The first-order chi connectivity index (χ1) is 14.7. The number of nitrogens with one attached hydrogen (secondary N) is 1. The molecule has 3 aromatic carbocycles. The Morgan fingerprint density at radius 3 is 2.13 bits per heavy atom. The van der Waals surface area contributed by atoms with Gasteiger partial charge in [-0.1, -0.05) is 59.6 Å². The van der Waals surface area contributed by atoms with Crippen molar-refractivity contribution in [3.63, 3.8) is 0 Å². The van der Waals surface area contributed by atoms with Gasteiger partial charge in [0.05, 0.1) is 0 Å². The third-order valence-electron chi connectivity index (χ3n) is 4.22.